The van der Waals surface area contributed by atoms with Crippen molar-refractivity contribution in [2.24, 2.45) is 0 Å². The molecular weight excluding hydrogens is 412 g/mol. The molecule has 5 nitrogen and oxygen atoms in total. The van der Waals surface area contributed by atoms with Gasteiger partial charge in [-0.3, -0.25) is 19.3 Å². The number of hydrogen-bond acceptors (Lipinski definition) is 3. The van der Waals surface area contributed by atoms with Crippen LogP contribution in [0.15, 0.2) is 78.9 Å². The van der Waals surface area contributed by atoms with Crippen LogP contribution in [0.2, 0.25) is 5.02 Å². The van der Waals surface area contributed by atoms with Gasteiger partial charge in [0.05, 0.1) is 11.1 Å². The number of hydrogen-bond donors (Lipinski definition) is 0. The van der Waals surface area contributed by atoms with Crippen molar-refractivity contribution in [2.45, 2.75) is 19.0 Å². The molecule has 0 saturated heterocycles. The Morgan fingerprint density at radius 1 is 0.871 bits per heavy atom. The molecule has 0 unspecified atom stereocenters. The van der Waals surface area contributed by atoms with E-state index in [1.807, 2.05) is 48.5 Å². The van der Waals surface area contributed by atoms with Crippen molar-refractivity contribution in [3.63, 3.8) is 0 Å². The van der Waals surface area contributed by atoms with Gasteiger partial charge < -0.3 is 4.90 Å². The van der Waals surface area contributed by atoms with E-state index in [9.17, 15) is 14.4 Å². The topological polar surface area (TPSA) is 57.7 Å². The summed E-state index contributed by atoms with van der Waals surface area (Å²) in [5, 5.41) is 0.558. The van der Waals surface area contributed by atoms with Gasteiger partial charge in [-0.05, 0) is 29.3 Å². The summed E-state index contributed by atoms with van der Waals surface area (Å²) >= 11 is 6.26. The Hall–Kier alpha value is -3.44. The minimum atomic E-state index is -0.956. The number of nitrogens with zero attached hydrogens (tertiary/aromatic N) is 2. The van der Waals surface area contributed by atoms with Crippen molar-refractivity contribution in [1.29, 1.82) is 0 Å². The standard InChI is InChI=1S/C25H21ClN2O3/c1-27(16-18-11-5-8-14-21(18)26)25(31)22(15-17-9-3-2-4-10-17)28-23(29)19-12-6-7-13-20(19)24(28)30/h2-14,22H,15-16H2,1H3/t22-/m0/s1. The normalized spacial score (nSPS) is 13.8. The van der Waals surface area contributed by atoms with Crippen LogP contribution in [0, 0.1) is 0 Å². The molecule has 0 aromatic heterocycles. The number of likely N-dealkylation sites (N-methyl/N-ethyl adjacent to an activating group) is 1. The van der Waals surface area contributed by atoms with E-state index in [2.05, 4.69) is 0 Å². The molecule has 3 amide bonds. The molecule has 1 aliphatic rings. The summed E-state index contributed by atoms with van der Waals surface area (Å²) in [5.41, 5.74) is 2.31. The summed E-state index contributed by atoms with van der Waals surface area (Å²) in [6, 6.07) is 22.4. The zero-order valence-corrected chi connectivity index (χ0v) is 17.8. The Balaban J connectivity index is 1.66. The first kappa shape index (κ1) is 20.8. The summed E-state index contributed by atoms with van der Waals surface area (Å²) in [7, 11) is 1.65. The third-order valence-electron chi connectivity index (χ3n) is 5.44. The fraction of sp³-hybridized carbons (Fsp3) is 0.160. The predicted molar refractivity (Wildman–Crippen MR) is 119 cm³/mol. The number of rotatable bonds is 6. The number of carbonyl (C=O) groups is 3. The van der Waals surface area contributed by atoms with Crippen LogP contribution >= 0.6 is 11.6 Å². The molecule has 0 N–H and O–H groups in total. The van der Waals surface area contributed by atoms with E-state index in [4.69, 9.17) is 11.6 Å². The van der Waals surface area contributed by atoms with Crippen LogP contribution in [-0.2, 0) is 17.8 Å². The van der Waals surface area contributed by atoms with E-state index in [-0.39, 0.29) is 18.9 Å². The number of benzene rings is 3. The molecule has 1 heterocycles. The molecule has 0 bridgehead atoms. The zero-order chi connectivity index (χ0) is 22.0. The van der Waals surface area contributed by atoms with E-state index in [1.165, 1.54) is 4.90 Å². The fourth-order valence-corrected chi connectivity index (χ4v) is 4.03. The highest BCUT2D eigenvalue weighted by Gasteiger charge is 2.43. The lowest BCUT2D eigenvalue weighted by Crippen LogP contribution is -2.51. The van der Waals surface area contributed by atoms with Crippen molar-refractivity contribution < 1.29 is 14.4 Å². The number of fused-ring (bicyclic) bond motifs is 1. The first-order valence-corrected chi connectivity index (χ1v) is 10.3. The molecule has 0 fully saturated rings. The van der Waals surface area contributed by atoms with Gasteiger partial charge >= 0.3 is 0 Å². The van der Waals surface area contributed by atoms with Crippen LogP contribution in [-0.4, -0.2) is 40.6 Å². The Morgan fingerprint density at radius 2 is 1.42 bits per heavy atom. The van der Waals surface area contributed by atoms with Crippen LogP contribution < -0.4 is 0 Å². The lowest BCUT2D eigenvalue weighted by molar-refractivity contribution is -0.134. The highest BCUT2D eigenvalue weighted by molar-refractivity contribution is 6.31. The van der Waals surface area contributed by atoms with Crippen LogP contribution in [0.25, 0.3) is 0 Å². The SMILES string of the molecule is CN(Cc1ccccc1Cl)C(=O)[C@H](Cc1ccccc1)N1C(=O)c2ccccc2C1=O. The zero-order valence-electron chi connectivity index (χ0n) is 17.0. The molecule has 4 rings (SSSR count). The van der Waals surface area contributed by atoms with E-state index in [0.717, 1.165) is 16.0 Å². The molecule has 31 heavy (non-hydrogen) atoms. The van der Waals surface area contributed by atoms with Gasteiger partial charge in [0.25, 0.3) is 11.8 Å². The fourth-order valence-electron chi connectivity index (χ4n) is 3.83. The maximum atomic E-state index is 13.5. The quantitative estimate of drug-likeness (QED) is 0.548. The van der Waals surface area contributed by atoms with Crippen molar-refractivity contribution in [2.75, 3.05) is 7.05 Å². The summed E-state index contributed by atoms with van der Waals surface area (Å²) in [5.74, 6) is -1.21. The first-order valence-electron chi connectivity index (χ1n) is 9.96. The van der Waals surface area contributed by atoms with Gasteiger partial charge in [0, 0.05) is 25.0 Å². The molecular formula is C25H21ClN2O3. The summed E-state index contributed by atoms with van der Waals surface area (Å²) in [6.07, 6.45) is 0.234. The van der Waals surface area contributed by atoms with Gasteiger partial charge in [-0.25, -0.2) is 0 Å². The molecule has 0 aliphatic carbocycles. The number of amides is 3. The van der Waals surface area contributed by atoms with Crippen LogP contribution in [0.4, 0.5) is 0 Å². The lowest BCUT2D eigenvalue weighted by Gasteiger charge is -2.30. The van der Waals surface area contributed by atoms with Crippen molar-refractivity contribution in [3.05, 3.63) is 106 Å². The smallest absolute Gasteiger partial charge is 0.262 e. The van der Waals surface area contributed by atoms with E-state index >= 15 is 0 Å². The average molecular weight is 433 g/mol. The van der Waals surface area contributed by atoms with Gasteiger partial charge in [0.2, 0.25) is 5.91 Å². The number of imide groups is 1. The molecule has 156 valence electrons. The number of carbonyl (C=O) groups excluding carboxylic acids is 3. The average Bonchev–Trinajstić information content (AvgIpc) is 3.04. The maximum Gasteiger partial charge on any atom is 0.262 e. The second kappa shape index (κ2) is 8.74. The maximum absolute atomic E-state index is 13.5. The van der Waals surface area contributed by atoms with Gasteiger partial charge in [0.1, 0.15) is 6.04 Å². The van der Waals surface area contributed by atoms with Gasteiger partial charge in [-0.15, -0.1) is 0 Å². The van der Waals surface area contributed by atoms with Crippen molar-refractivity contribution in [1.82, 2.24) is 9.80 Å². The van der Waals surface area contributed by atoms with Gasteiger partial charge in [-0.1, -0.05) is 72.3 Å². The summed E-state index contributed by atoms with van der Waals surface area (Å²) in [6.45, 7) is 0.271. The van der Waals surface area contributed by atoms with E-state index in [0.29, 0.717) is 16.1 Å². The third kappa shape index (κ3) is 4.09. The lowest BCUT2D eigenvalue weighted by atomic mass is 10.0. The molecule has 0 saturated carbocycles. The van der Waals surface area contributed by atoms with Gasteiger partial charge in [-0.2, -0.15) is 0 Å². The first-order chi connectivity index (χ1) is 15.0. The molecule has 0 spiro atoms. The monoisotopic (exact) mass is 432 g/mol. The molecule has 3 aromatic carbocycles. The predicted octanol–water partition coefficient (Wildman–Crippen LogP) is 4.21. The molecule has 3 aromatic rings. The molecule has 0 radical (unpaired) electrons. The Morgan fingerprint density at radius 3 is 2.03 bits per heavy atom. The van der Waals surface area contributed by atoms with Gasteiger partial charge in [0.15, 0.2) is 0 Å². The van der Waals surface area contributed by atoms with Crippen LogP contribution in [0.3, 0.4) is 0 Å². The molecule has 1 aliphatic heterocycles. The van der Waals surface area contributed by atoms with E-state index < -0.39 is 17.9 Å². The number of halogens is 1. The molecule has 1 atom stereocenters. The molecule has 6 heteroatoms. The summed E-state index contributed by atoms with van der Waals surface area (Å²) < 4.78 is 0. The Labute approximate surface area is 185 Å². The van der Waals surface area contributed by atoms with Crippen molar-refractivity contribution in [3.8, 4) is 0 Å². The largest absolute Gasteiger partial charge is 0.340 e. The highest BCUT2D eigenvalue weighted by atomic mass is 35.5. The summed E-state index contributed by atoms with van der Waals surface area (Å²) in [4.78, 5) is 42.3. The minimum Gasteiger partial charge on any atom is -0.340 e. The second-order valence-electron chi connectivity index (χ2n) is 7.52. The van der Waals surface area contributed by atoms with Crippen LogP contribution in [0.5, 0.6) is 0 Å². The van der Waals surface area contributed by atoms with E-state index in [1.54, 1.807) is 37.4 Å². The second-order valence-corrected chi connectivity index (χ2v) is 7.92. The van der Waals surface area contributed by atoms with Crippen LogP contribution in [0.1, 0.15) is 31.8 Å². The Bertz CT molecular complexity index is 1110. The van der Waals surface area contributed by atoms with Crippen molar-refractivity contribution >= 4 is 29.3 Å². The highest BCUT2D eigenvalue weighted by Crippen LogP contribution is 2.27. The minimum absolute atomic E-state index is 0.234. The Kier molecular flexibility index (Phi) is 5.87. The third-order valence-corrected chi connectivity index (χ3v) is 5.80.